The number of hydrogen-bond donors (Lipinski definition) is 3. The third kappa shape index (κ3) is 4.89. The molecule has 0 aliphatic rings. The highest BCUT2D eigenvalue weighted by molar-refractivity contribution is 5.93. The molecule has 1 aromatic rings. The minimum absolute atomic E-state index is 0.0764. The van der Waals surface area contributed by atoms with Crippen molar-refractivity contribution in [3.63, 3.8) is 0 Å². The lowest BCUT2D eigenvalue weighted by molar-refractivity contribution is 0.0914. The molecule has 0 radical (unpaired) electrons. The van der Waals surface area contributed by atoms with Crippen molar-refractivity contribution in [3.8, 4) is 0 Å². The predicted molar refractivity (Wildman–Crippen MR) is 69.2 cm³/mol. The van der Waals surface area contributed by atoms with Crippen molar-refractivity contribution in [2.75, 3.05) is 5.32 Å². The molecule has 1 rings (SSSR count). The summed E-state index contributed by atoms with van der Waals surface area (Å²) < 4.78 is 0. The van der Waals surface area contributed by atoms with Gasteiger partial charge in [-0.1, -0.05) is 0 Å². The van der Waals surface area contributed by atoms with E-state index in [1.807, 2.05) is 41.5 Å². The molecule has 1 amide bonds. The summed E-state index contributed by atoms with van der Waals surface area (Å²) in [5.41, 5.74) is 0.138. The maximum Gasteiger partial charge on any atom is 0.269 e. The Morgan fingerprint density at radius 1 is 1.18 bits per heavy atom. The van der Waals surface area contributed by atoms with Crippen LogP contribution in [0.3, 0.4) is 0 Å². The fraction of sp³-hybridized carbons (Fsp3) is 0.667. The van der Waals surface area contributed by atoms with Gasteiger partial charge in [-0.2, -0.15) is 5.10 Å². The summed E-state index contributed by atoms with van der Waals surface area (Å²) in [6, 6.07) is 1.71. The van der Waals surface area contributed by atoms with Crippen LogP contribution < -0.4 is 10.6 Å². The Balaban J connectivity index is 2.72. The molecule has 17 heavy (non-hydrogen) atoms. The first-order valence-electron chi connectivity index (χ1n) is 5.73. The Kier molecular flexibility index (Phi) is 3.50. The quantitative estimate of drug-likeness (QED) is 0.739. The molecule has 0 bridgehead atoms. The van der Waals surface area contributed by atoms with Gasteiger partial charge in [0.05, 0.1) is 0 Å². The van der Waals surface area contributed by atoms with Gasteiger partial charge in [0.15, 0.2) is 0 Å². The largest absolute Gasteiger partial charge is 0.364 e. The minimum Gasteiger partial charge on any atom is -0.364 e. The van der Waals surface area contributed by atoms with E-state index >= 15 is 0 Å². The molecular weight excluding hydrogens is 216 g/mol. The number of hydrogen-bond acceptors (Lipinski definition) is 3. The number of nitrogens with zero attached hydrogens (tertiary/aromatic N) is 1. The summed E-state index contributed by atoms with van der Waals surface area (Å²) in [4.78, 5) is 11.8. The van der Waals surface area contributed by atoms with Crippen molar-refractivity contribution >= 4 is 11.7 Å². The lowest BCUT2D eigenvalue weighted by Crippen LogP contribution is -2.40. The van der Waals surface area contributed by atoms with Crippen molar-refractivity contribution in [2.24, 2.45) is 0 Å². The summed E-state index contributed by atoms with van der Waals surface area (Å²) >= 11 is 0. The first-order valence-corrected chi connectivity index (χ1v) is 5.73. The number of anilines is 1. The topological polar surface area (TPSA) is 69.8 Å². The van der Waals surface area contributed by atoms with Crippen LogP contribution in [-0.2, 0) is 0 Å². The molecule has 96 valence electrons. The Morgan fingerprint density at radius 3 is 2.24 bits per heavy atom. The molecule has 0 unspecified atom stereocenters. The molecule has 1 aromatic heterocycles. The molecule has 0 saturated heterocycles. The Morgan fingerprint density at radius 2 is 1.76 bits per heavy atom. The van der Waals surface area contributed by atoms with Crippen LogP contribution in [0.2, 0.25) is 0 Å². The molecule has 0 aliphatic carbocycles. The van der Waals surface area contributed by atoms with Crippen LogP contribution in [0.5, 0.6) is 0 Å². The van der Waals surface area contributed by atoms with Crippen LogP contribution in [-0.4, -0.2) is 27.2 Å². The molecule has 3 N–H and O–H groups in total. The summed E-state index contributed by atoms with van der Waals surface area (Å²) in [6.07, 6.45) is 0. The lowest BCUT2D eigenvalue weighted by Gasteiger charge is -2.20. The zero-order chi connectivity index (χ0) is 13.3. The van der Waals surface area contributed by atoms with Gasteiger partial charge in [-0.15, -0.1) is 0 Å². The summed E-state index contributed by atoms with van der Waals surface area (Å²) in [6.45, 7) is 11.9. The van der Waals surface area contributed by atoms with E-state index in [-0.39, 0.29) is 17.0 Å². The van der Waals surface area contributed by atoms with Crippen molar-refractivity contribution in [3.05, 3.63) is 11.8 Å². The van der Waals surface area contributed by atoms with Crippen LogP contribution in [0, 0.1) is 0 Å². The van der Waals surface area contributed by atoms with Crippen LogP contribution >= 0.6 is 0 Å². The first kappa shape index (κ1) is 13.5. The van der Waals surface area contributed by atoms with Gasteiger partial charge >= 0.3 is 0 Å². The van der Waals surface area contributed by atoms with Gasteiger partial charge in [0.1, 0.15) is 11.5 Å². The standard InChI is InChI=1S/C12H22N4O/c1-11(2,3)13-9-7-8(15-16-9)10(17)14-12(4,5)6/h7H,1-6H3,(H,14,17)(H2,13,15,16). The van der Waals surface area contributed by atoms with E-state index in [0.29, 0.717) is 11.5 Å². The van der Waals surface area contributed by atoms with Gasteiger partial charge in [0.2, 0.25) is 0 Å². The Bertz CT molecular complexity index is 395. The van der Waals surface area contributed by atoms with Gasteiger partial charge in [-0.3, -0.25) is 9.89 Å². The fourth-order valence-corrected chi connectivity index (χ4v) is 1.29. The van der Waals surface area contributed by atoms with E-state index in [1.165, 1.54) is 0 Å². The molecule has 1 heterocycles. The van der Waals surface area contributed by atoms with E-state index in [9.17, 15) is 4.79 Å². The second-order valence-electron chi connectivity index (χ2n) is 6.25. The van der Waals surface area contributed by atoms with E-state index in [1.54, 1.807) is 6.07 Å². The summed E-state index contributed by atoms with van der Waals surface area (Å²) in [5.74, 6) is 0.531. The third-order valence-corrected chi connectivity index (χ3v) is 1.81. The molecule has 5 nitrogen and oxygen atoms in total. The number of aromatic nitrogens is 2. The van der Waals surface area contributed by atoms with E-state index in [4.69, 9.17) is 0 Å². The highest BCUT2D eigenvalue weighted by atomic mass is 16.2. The average Bonchev–Trinajstić information content (AvgIpc) is 2.45. The maximum absolute atomic E-state index is 11.8. The van der Waals surface area contributed by atoms with Gasteiger partial charge in [0, 0.05) is 17.1 Å². The molecular formula is C12H22N4O. The Hall–Kier alpha value is -1.52. The smallest absolute Gasteiger partial charge is 0.269 e. The SMILES string of the molecule is CC(C)(C)NC(=O)c1cc(NC(C)(C)C)n[nH]1. The normalized spacial score (nSPS) is 12.4. The van der Waals surface area contributed by atoms with Crippen LogP contribution in [0.25, 0.3) is 0 Å². The van der Waals surface area contributed by atoms with Crippen molar-refractivity contribution < 1.29 is 4.79 Å². The number of carbonyl (C=O) groups is 1. The van der Waals surface area contributed by atoms with Gasteiger partial charge in [0.25, 0.3) is 5.91 Å². The number of carbonyl (C=O) groups excluding carboxylic acids is 1. The van der Waals surface area contributed by atoms with E-state index in [0.717, 1.165) is 0 Å². The predicted octanol–water partition coefficient (Wildman–Crippen LogP) is 2.15. The van der Waals surface area contributed by atoms with E-state index < -0.39 is 0 Å². The molecule has 0 saturated carbocycles. The highest BCUT2D eigenvalue weighted by Crippen LogP contribution is 2.13. The summed E-state index contributed by atoms with van der Waals surface area (Å²) in [7, 11) is 0. The zero-order valence-electron chi connectivity index (χ0n) is 11.4. The van der Waals surface area contributed by atoms with Crippen LogP contribution in [0.4, 0.5) is 5.82 Å². The van der Waals surface area contributed by atoms with Crippen LogP contribution in [0.1, 0.15) is 52.0 Å². The third-order valence-electron chi connectivity index (χ3n) is 1.81. The minimum atomic E-state index is -0.250. The number of amides is 1. The highest BCUT2D eigenvalue weighted by Gasteiger charge is 2.18. The summed E-state index contributed by atoms with van der Waals surface area (Å²) in [5, 5.41) is 12.9. The number of rotatable bonds is 2. The molecule has 0 atom stereocenters. The monoisotopic (exact) mass is 238 g/mol. The second kappa shape index (κ2) is 4.39. The van der Waals surface area contributed by atoms with Crippen molar-refractivity contribution in [1.29, 1.82) is 0 Å². The van der Waals surface area contributed by atoms with E-state index in [2.05, 4.69) is 20.8 Å². The van der Waals surface area contributed by atoms with Gasteiger partial charge < -0.3 is 10.6 Å². The number of nitrogens with one attached hydrogen (secondary N) is 3. The first-order chi connectivity index (χ1) is 7.57. The number of aromatic amines is 1. The van der Waals surface area contributed by atoms with Crippen LogP contribution in [0.15, 0.2) is 6.07 Å². The molecule has 0 fully saturated rings. The van der Waals surface area contributed by atoms with Crippen molar-refractivity contribution in [2.45, 2.75) is 52.6 Å². The lowest BCUT2D eigenvalue weighted by atomic mass is 10.1. The number of H-pyrrole nitrogens is 1. The zero-order valence-corrected chi connectivity index (χ0v) is 11.4. The maximum atomic E-state index is 11.8. The molecule has 5 heteroatoms. The molecule has 0 aliphatic heterocycles. The second-order valence-corrected chi connectivity index (χ2v) is 6.25. The average molecular weight is 238 g/mol. The Labute approximate surface area is 102 Å². The fourth-order valence-electron chi connectivity index (χ4n) is 1.29. The molecule has 0 spiro atoms. The van der Waals surface area contributed by atoms with Crippen molar-refractivity contribution in [1.82, 2.24) is 15.5 Å². The van der Waals surface area contributed by atoms with Gasteiger partial charge in [-0.05, 0) is 41.5 Å². The molecule has 0 aromatic carbocycles. The van der Waals surface area contributed by atoms with Gasteiger partial charge in [-0.25, -0.2) is 0 Å².